The van der Waals surface area contributed by atoms with Crippen LogP contribution >= 0.6 is 0 Å². The second-order valence-corrected chi connectivity index (χ2v) is 13.4. The Bertz CT molecular complexity index is 3130. The number of furan rings is 2. The molecule has 0 saturated carbocycles. The van der Waals surface area contributed by atoms with E-state index in [1.165, 1.54) is 16.7 Å². The van der Waals surface area contributed by atoms with Crippen molar-refractivity contribution in [1.82, 2.24) is 14.5 Å². The molecule has 0 spiro atoms. The van der Waals surface area contributed by atoms with Crippen molar-refractivity contribution in [3.05, 3.63) is 187 Å². The number of aromatic nitrogens is 3. The first-order valence-electron chi connectivity index (χ1n) is 17.5. The summed E-state index contributed by atoms with van der Waals surface area (Å²) >= 11 is 0. The van der Waals surface area contributed by atoms with E-state index in [1.54, 1.807) is 6.33 Å². The van der Waals surface area contributed by atoms with E-state index in [0.717, 1.165) is 77.2 Å². The van der Waals surface area contributed by atoms with Gasteiger partial charge in [0, 0.05) is 32.8 Å². The summed E-state index contributed by atoms with van der Waals surface area (Å²) in [6.45, 7) is 0. The van der Waals surface area contributed by atoms with E-state index in [2.05, 4.69) is 137 Å². The average molecular weight is 668 g/mol. The fourth-order valence-electron chi connectivity index (χ4n) is 8.07. The zero-order valence-corrected chi connectivity index (χ0v) is 27.9. The van der Waals surface area contributed by atoms with Gasteiger partial charge in [-0.15, -0.1) is 0 Å². The number of nitrogens with zero attached hydrogens (tertiary/aromatic N) is 3. The fraction of sp³-hybridized carbons (Fsp3) is 0.0213. The van der Waals surface area contributed by atoms with E-state index in [0.29, 0.717) is 5.58 Å². The molecule has 0 saturated heterocycles. The zero-order valence-electron chi connectivity index (χ0n) is 27.9. The minimum absolute atomic E-state index is 0.0664. The molecule has 5 nitrogen and oxygen atoms in total. The van der Waals surface area contributed by atoms with Crippen LogP contribution in [0.2, 0.25) is 0 Å². The predicted octanol–water partition coefficient (Wildman–Crippen LogP) is 12.2. The van der Waals surface area contributed by atoms with E-state index >= 15 is 0 Å². The second kappa shape index (κ2) is 11.3. The molecule has 0 aliphatic heterocycles. The maximum atomic E-state index is 6.38. The third-order valence-electron chi connectivity index (χ3n) is 10.5. The van der Waals surface area contributed by atoms with Crippen LogP contribution in [0.25, 0.3) is 82.8 Å². The van der Waals surface area contributed by atoms with E-state index in [4.69, 9.17) is 13.8 Å². The predicted molar refractivity (Wildman–Crippen MR) is 210 cm³/mol. The topological polar surface area (TPSA) is 57.0 Å². The lowest BCUT2D eigenvalue weighted by atomic mass is 9.84. The SMILES string of the molecule is c1ccc(C(c2ccc(-c3ccc4c(c3)c3ccccc3n4-c3ncnc4c3oc3ccccc34)cc2)c2ccc3oc4ccccc4c3c2)cc1. The Balaban J connectivity index is 1.03. The van der Waals surface area contributed by atoms with Crippen molar-refractivity contribution in [2.24, 2.45) is 0 Å². The molecule has 0 amide bonds. The minimum Gasteiger partial charge on any atom is -0.456 e. The van der Waals surface area contributed by atoms with Gasteiger partial charge >= 0.3 is 0 Å². The molecule has 0 fully saturated rings. The Hall–Kier alpha value is -6.98. The second-order valence-electron chi connectivity index (χ2n) is 13.4. The van der Waals surface area contributed by atoms with Gasteiger partial charge in [-0.25, -0.2) is 9.97 Å². The van der Waals surface area contributed by atoms with Gasteiger partial charge in [0.2, 0.25) is 0 Å². The van der Waals surface area contributed by atoms with Gasteiger partial charge < -0.3 is 8.83 Å². The van der Waals surface area contributed by atoms with Crippen molar-refractivity contribution in [3.8, 4) is 16.9 Å². The average Bonchev–Trinajstić information content (AvgIpc) is 3.88. The number of rotatable bonds is 5. The molecule has 4 heterocycles. The normalized spacial score (nSPS) is 12.5. The molecule has 7 aromatic carbocycles. The van der Waals surface area contributed by atoms with Crippen LogP contribution in [0.3, 0.4) is 0 Å². The van der Waals surface area contributed by atoms with Crippen molar-refractivity contribution < 1.29 is 8.83 Å². The maximum Gasteiger partial charge on any atom is 0.197 e. The highest BCUT2D eigenvalue weighted by Gasteiger charge is 2.21. The molecule has 11 aromatic rings. The van der Waals surface area contributed by atoms with Crippen molar-refractivity contribution in [2.75, 3.05) is 0 Å². The first-order chi connectivity index (χ1) is 25.8. The summed E-state index contributed by atoms with van der Waals surface area (Å²) in [5.41, 5.74) is 12.3. The molecule has 52 heavy (non-hydrogen) atoms. The van der Waals surface area contributed by atoms with Crippen molar-refractivity contribution in [2.45, 2.75) is 5.92 Å². The largest absolute Gasteiger partial charge is 0.456 e. The Labute approximate surface area is 298 Å². The van der Waals surface area contributed by atoms with Crippen LogP contribution in [-0.2, 0) is 0 Å². The number of hydrogen-bond acceptors (Lipinski definition) is 4. The number of para-hydroxylation sites is 3. The Morgan fingerprint density at radius 3 is 1.90 bits per heavy atom. The first kappa shape index (κ1) is 28.8. The van der Waals surface area contributed by atoms with Crippen LogP contribution in [0.1, 0.15) is 22.6 Å². The molecule has 0 radical (unpaired) electrons. The molecule has 244 valence electrons. The fourth-order valence-corrected chi connectivity index (χ4v) is 8.07. The molecular formula is C47H29N3O2. The van der Waals surface area contributed by atoms with Gasteiger partial charge in [-0.2, -0.15) is 0 Å². The van der Waals surface area contributed by atoms with Crippen LogP contribution in [0.5, 0.6) is 0 Å². The first-order valence-corrected chi connectivity index (χ1v) is 17.5. The van der Waals surface area contributed by atoms with Crippen molar-refractivity contribution in [3.63, 3.8) is 0 Å². The highest BCUT2D eigenvalue weighted by atomic mass is 16.3. The highest BCUT2D eigenvalue weighted by molar-refractivity contribution is 6.12. The molecule has 4 aromatic heterocycles. The minimum atomic E-state index is 0.0664. The van der Waals surface area contributed by atoms with Crippen LogP contribution < -0.4 is 0 Å². The van der Waals surface area contributed by atoms with Gasteiger partial charge in [0.1, 0.15) is 28.6 Å². The molecule has 1 atom stereocenters. The van der Waals surface area contributed by atoms with Crippen LogP contribution in [-0.4, -0.2) is 14.5 Å². The van der Waals surface area contributed by atoms with Crippen LogP contribution in [0.15, 0.2) is 179 Å². The molecule has 5 heteroatoms. The van der Waals surface area contributed by atoms with Gasteiger partial charge in [-0.3, -0.25) is 4.57 Å². The summed E-state index contributed by atoms with van der Waals surface area (Å²) in [7, 11) is 0. The number of fused-ring (bicyclic) bond motifs is 9. The Morgan fingerprint density at radius 2 is 1.06 bits per heavy atom. The Kier molecular flexibility index (Phi) is 6.25. The lowest BCUT2D eigenvalue weighted by molar-refractivity contribution is 0.662. The molecule has 0 aliphatic rings. The lowest BCUT2D eigenvalue weighted by Crippen LogP contribution is -2.03. The molecule has 1 unspecified atom stereocenters. The number of hydrogen-bond donors (Lipinski definition) is 0. The summed E-state index contributed by atoms with van der Waals surface area (Å²) < 4.78 is 14.7. The van der Waals surface area contributed by atoms with E-state index in [1.807, 2.05) is 36.4 Å². The lowest BCUT2D eigenvalue weighted by Gasteiger charge is -2.19. The summed E-state index contributed by atoms with van der Waals surface area (Å²) in [6.07, 6.45) is 1.63. The van der Waals surface area contributed by atoms with Crippen LogP contribution in [0.4, 0.5) is 0 Å². The summed E-state index contributed by atoms with van der Waals surface area (Å²) in [5.74, 6) is 0.801. The van der Waals surface area contributed by atoms with Gasteiger partial charge in [-0.1, -0.05) is 115 Å². The zero-order chi connectivity index (χ0) is 34.2. The highest BCUT2D eigenvalue weighted by Crippen LogP contribution is 2.40. The van der Waals surface area contributed by atoms with Crippen molar-refractivity contribution >= 4 is 65.8 Å². The summed E-state index contributed by atoms with van der Waals surface area (Å²) in [6, 6.07) is 57.9. The Morgan fingerprint density at radius 1 is 0.423 bits per heavy atom. The third-order valence-corrected chi connectivity index (χ3v) is 10.5. The molecule has 11 rings (SSSR count). The van der Waals surface area contributed by atoms with Gasteiger partial charge in [0.05, 0.1) is 11.0 Å². The van der Waals surface area contributed by atoms with Gasteiger partial charge in [0.25, 0.3) is 0 Å². The summed E-state index contributed by atoms with van der Waals surface area (Å²) in [5, 5.41) is 5.58. The molecule has 0 N–H and O–H groups in total. The van der Waals surface area contributed by atoms with Crippen LogP contribution in [0, 0.1) is 0 Å². The van der Waals surface area contributed by atoms with E-state index < -0.39 is 0 Å². The van der Waals surface area contributed by atoms with E-state index in [9.17, 15) is 0 Å². The van der Waals surface area contributed by atoms with Gasteiger partial charge in [0.15, 0.2) is 11.4 Å². The quantitative estimate of drug-likeness (QED) is 0.171. The molecule has 0 aliphatic carbocycles. The monoisotopic (exact) mass is 667 g/mol. The van der Waals surface area contributed by atoms with Crippen molar-refractivity contribution in [1.29, 1.82) is 0 Å². The molecular weight excluding hydrogens is 639 g/mol. The van der Waals surface area contributed by atoms with Gasteiger partial charge in [-0.05, 0) is 76.3 Å². The standard InChI is InChI=1S/C47H29N3O2/c1-2-10-30(11-3-1)44(33-23-25-43-38(27-33)35-13-5-8-16-41(35)51-43)31-20-18-29(19-21-31)32-22-24-40-37(26-32)34-12-4-7-15-39(34)50(40)47-46-45(48-28-49-47)36-14-6-9-17-42(36)52-46/h1-28,44H. The maximum absolute atomic E-state index is 6.38. The van der Waals surface area contributed by atoms with E-state index in [-0.39, 0.29) is 5.92 Å². The third kappa shape index (κ3) is 4.36. The smallest absolute Gasteiger partial charge is 0.197 e. The molecule has 0 bridgehead atoms. The number of benzene rings is 7. The summed E-state index contributed by atoms with van der Waals surface area (Å²) in [4.78, 5) is 9.40.